The van der Waals surface area contributed by atoms with Crippen LogP contribution in [-0.2, 0) is 0 Å². The highest BCUT2D eigenvalue weighted by molar-refractivity contribution is 7.99. The molecule has 0 radical (unpaired) electrons. The van der Waals surface area contributed by atoms with E-state index < -0.39 is 6.08 Å². The van der Waals surface area contributed by atoms with Crippen LogP contribution in [0, 0.1) is 6.92 Å². The van der Waals surface area contributed by atoms with Crippen LogP contribution >= 0.6 is 11.8 Å². The smallest absolute Gasteiger partial charge is 0.266 e. The molecular weight excluding hydrogens is 196 g/mol. The molecule has 0 saturated heterocycles. The van der Waals surface area contributed by atoms with Crippen molar-refractivity contribution in [1.29, 1.82) is 0 Å². The van der Waals surface area contributed by atoms with E-state index in [4.69, 9.17) is 4.52 Å². The number of halogens is 2. The van der Waals surface area contributed by atoms with Gasteiger partial charge in [0.2, 0.25) is 0 Å². The Balaban J connectivity index is 2.24. The molecule has 1 heterocycles. The van der Waals surface area contributed by atoms with Crippen LogP contribution in [0.5, 0.6) is 0 Å². The molecule has 0 N–H and O–H groups in total. The maximum absolute atomic E-state index is 11.6. The molecule has 2 nitrogen and oxygen atoms in total. The number of hydrogen-bond donors (Lipinski definition) is 0. The Kier molecular flexibility index (Phi) is 3.95. The van der Waals surface area contributed by atoms with Gasteiger partial charge in [-0.25, -0.2) is 0 Å². The predicted molar refractivity (Wildman–Crippen MR) is 46.9 cm³/mol. The molecule has 0 aliphatic heterocycles. The zero-order valence-electron chi connectivity index (χ0n) is 7.09. The Bertz CT molecular complexity index is 294. The highest BCUT2D eigenvalue weighted by atomic mass is 32.2. The minimum Gasteiger partial charge on any atom is -0.350 e. The molecule has 0 aromatic carbocycles. The third-order valence-corrected chi connectivity index (χ3v) is 2.18. The van der Waals surface area contributed by atoms with Gasteiger partial charge >= 0.3 is 0 Å². The molecule has 0 saturated carbocycles. The third kappa shape index (κ3) is 4.07. The minimum atomic E-state index is -1.63. The number of hydrogen-bond acceptors (Lipinski definition) is 3. The van der Waals surface area contributed by atoms with E-state index in [-0.39, 0.29) is 0 Å². The summed E-state index contributed by atoms with van der Waals surface area (Å²) < 4.78 is 28.0. The molecule has 0 fully saturated rings. The lowest BCUT2D eigenvalue weighted by Gasteiger charge is -1.90. The second-order valence-electron chi connectivity index (χ2n) is 2.42. The Morgan fingerprint density at radius 3 is 3.00 bits per heavy atom. The largest absolute Gasteiger partial charge is 0.350 e. The zero-order chi connectivity index (χ0) is 9.68. The van der Waals surface area contributed by atoms with E-state index in [0.29, 0.717) is 17.3 Å². The first-order chi connectivity index (χ1) is 6.18. The molecule has 72 valence electrons. The second kappa shape index (κ2) is 5.01. The van der Waals surface area contributed by atoms with E-state index in [1.54, 1.807) is 6.07 Å². The molecule has 0 aliphatic rings. The van der Waals surface area contributed by atoms with Crippen LogP contribution in [0.3, 0.4) is 0 Å². The Labute approximate surface area is 79.0 Å². The summed E-state index contributed by atoms with van der Waals surface area (Å²) in [6.45, 7) is 1.81. The van der Waals surface area contributed by atoms with E-state index in [0.717, 1.165) is 11.8 Å². The average Bonchev–Trinajstić information content (AvgIpc) is 2.45. The normalized spacial score (nSPS) is 10.1. The Morgan fingerprint density at radius 1 is 1.69 bits per heavy atom. The molecule has 0 unspecified atom stereocenters. The van der Waals surface area contributed by atoms with Gasteiger partial charge in [0.25, 0.3) is 6.08 Å². The number of allylic oxidation sites excluding steroid dienone is 1. The monoisotopic (exact) mass is 205 g/mol. The van der Waals surface area contributed by atoms with Gasteiger partial charge < -0.3 is 4.52 Å². The summed E-state index contributed by atoms with van der Waals surface area (Å²) in [7, 11) is 0. The van der Waals surface area contributed by atoms with Gasteiger partial charge in [-0.1, -0.05) is 16.9 Å². The van der Waals surface area contributed by atoms with E-state index in [1.165, 1.54) is 11.8 Å². The highest BCUT2D eigenvalue weighted by Crippen LogP contribution is 2.19. The van der Waals surface area contributed by atoms with Gasteiger partial charge in [-0.15, -0.1) is 0 Å². The first kappa shape index (κ1) is 10.2. The van der Waals surface area contributed by atoms with Crippen LogP contribution in [0.2, 0.25) is 0 Å². The van der Waals surface area contributed by atoms with Crippen molar-refractivity contribution in [1.82, 2.24) is 5.16 Å². The van der Waals surface area contributed by atoms with E-state index in [1.807, 2.05) is 6.92 Å². The molecule has 1 aromatic heterocycles. The van der Waals surface area contributed by atoms with Gasteiger partial charge in [-0.2, -0.15) is 8.78 Å². The van der Waals surface area contributed by atoms with Crippen molar-refractivity contribution >= 4 is 11.8 Å². The molecule has 0 atom stereocenters. The van der Waals surface area contributed by atoms with E-state index in [9.17, 15) is 8.78 Å². The molecule has 1 rings (SSSR count). The van der Waals surface area contributed by atoms with Gasteiger partial charge in [0.15, 0.2) is 5.09 Å². The maximum Gasteiger partial charge on any atom is 0.266 e. The standard InChI is InChI=1S/C8H9F2NOS/c1-6-5-8(12-11-6)13-4-2-3-7(9)10/h3,5H,2,4H2,1H3. The van der Waals surface area contributed by atoms with Crippen LogP contribution in [-0.4, -0.2) is 10.9 Å². The fourth-order valence-corrected chi connectivity index (χ4v) is 1.52. The summed E-state index contributed by atoms with van der Waals surface area (Å²) in [6.07, 6.45) is -0.391. The SMILES string of the molecule is Cc1cc(SCCC=C(F)F)on1. The molecule has 5 heteroatoms. The number of aromatic nitrogens is 1. The summed E-state index contributed by atoms with van der Waals surface area (Å²) in [6, 6.07) is 1.78. The van der Waals surface area contributed by atoms with Crippen molar-refractivity contribution in [3.05, 3.63) is 23.9 Å². The first-order valence-corrected chi connectivity index (χ1v) is 4.74. The van der Waals surface area contributed by atoms with Gasteiger partial charge in [0.1, 0.15) is 0 Å². The first-order valence-electron chi connectivity index (χ1n) is 3.76. The van der Waals surface area contributed by atoms with Crippen molar-refractivity contribution in [2.24, 2.45) is 0 Å². The maximum atomic E-state index is 11.6. The summed E-state index contributed by atoms with van der Waals surface area (Å²) >= 11 is 1.38. The third-order valence-electron chi connectivity index (χ3n) is 1.27. The van der Waals surface area contributed by atoms with Gasteiger partial charge in [-0.05, 0) is 19.4 Å². The quantitative estimate of drug-likeness (QED) is 0.557. The van der Waals surface area contributed by atoms with Crippen molar-refractivity contribution in [3.8, 4) is 0 Å². The molecular formula is C8H9F2NOS. The zero-order valence-corrected chi connectivity index (χ0v) is 7.91. The van der Waals surface area contributed by atoms with Gasteiger partial charge in [0.05, 0.1) is 5.69 Å². The summed E-state index contributed by atoms with van der Waals surface area (Å²) in [5.74, 6) is 0.575. The Hall–Kier alpha value is -0.840. The minimum absolute atomic E-state index is 0.340. The molecule has 0 aliphatic carbocycles. The number of aryl methyl sites for hydroxylation is 1. The number of nitrogens with zero attached hydrogens (tertiary/aromatic N) is 1. The van der Waals surface area contributed by atoms with Crippen LogP contribution in [0.15, 0.2) is 27.8 Å². The average molecular weight is 205 g/mol. The Morgan fingerprint density at radius 2 is 2.46 bits per heavy atom. The van der Waals surface area contributed by atoms with Crippen LogP contribution in [0.1, 0.15) is 12.1 Å². The second-order valence-corrected chi connectivity index (χ2v) is 3.52. The van der Waals surface area contributed by atoms with Crippen molar-refractivity contribution in [2.75, 3.05) is 5.75 Å². The molecule has 1 aromatic rings. The highest BCUT2D eigenvalue weighted by Gasteiger charge is 1.99. The lowest BCUT2D eigenvalue weighted by molar-refractivity contribution is 0.346. The van der Waals surface area contributed by atoms with E-state index >= 15 is 0 Å². The van der Waals surface area contributed by atoms with Crippen LogP contribution in [0.25, 0.3) is 0 Å². The van der Waals surface area contributed by atoms with Crippen molar-refractivity contribution < 1.29 is 13.3 Å². The van der Waals surface area contributed by atoms with E-state index in [2.05, 4.69) is 5.16 Å². The number of rotatable bonds is 4. The van der Waals surface area contributed by atoms with Gasteiger partial charge in [0, 0.05) is 11.8 Å². The topological polar surface area (TPSA) is 26.0 Å². The molecule has 13 heavy (non-hydrogen) atoms. The van der Waals surface area contributed by atoms with Crippen molar-refractivity contribution in [3.63, 3.8) is 0 Å². The molecule has 0 spiro atoms. The fraction of sp³-hybridized carbons (Fsp3) is 0.375. The lowest BCUT2D eigenvalue weighted by atomic mass is 10.5. The van der Waals surface area contributed by atoms with Crippen molar-refractivity contribution in [2.45, 2.75) is 18.4 Å². The van der Waals surface area contributed by atoms with Gasteiger partial charge in [-0.3, -0.25) is 0 Å². The summed E-state index contributed by atoms with van der Waals surface area (Å²) in [5, 5.41) is 4.34. The lowest BCUT2D eigenvalue weighted by Crippen LogP contribution is -1.74. The van der Waals surface area contributed by atoms with Crippen LogP contribution in [0.4, 0.5) is 8.78 Å². The molecule has 0 bridgehead atoms. The predicted octanol–water partition coefficient (Wildman–Crippen LogP) is 3.25. The summed E-state index contributed by atoms with van der Waals surface area (Å²) in [5.41, 5.74) is 0.801. The summed E-state index contributed by atoms with van der Waals surface area (Å²) in [4.78, 5) is 0. The molecule has 0 amide bonds. The number of thioether (sulfide) groups is 1. The van der Waals surface area contributed by atoms with Crippen LogP contribution < -0.4 is 0 Å². The fourth-order valence-electron chi connectivity index (χ4n) is 0.736.